The average Bonchev–Trinajstić information content (AvgIpc) is 3.22. The molecular weight excluding hydrogens is 334 g/mol. The van der Waals surface area contributed by atoms with Crippen molar-refractivity contribution in [1.82, 2.24) is 15.2 Å². The number of aromatic nitrogens is 1. The van der Waals surface area contributed by atoms with Gasteiger partial charge in [-0.25, -0.2) is 0 Å². The molecule has 1 N–H and O–H groups in total. The van der Waals surface area contributed by atoms with E-state index in [-0.39, 0.29) is 29.9 Å². The van der Waals surface area contributed by atoms with Gasteiger partial charge in [-0.15, -0.1) is 0 Å². The second kappa shape index (κ2) is 6.96. The first-order valence-electron chi connectivity index (χ1n) is 8.74. The van der Waals surface area contributed by atoms with Crippen molar-refractivity contribution >= 4 is 23.2 Å². The SMILES string of the molecule is O=C(NC1CC2CCC(C1)N2C(=O)Cc1ccsc1)c1ccncc1. The average molecular weight is 355 g/mol. The molecule has 5 nitrogen and oxygen atoms in total. The van der Waals surface area contributed by atoms with Crippen LogP contribution in [-0.4, -0.2) is 39.8 Å². The molecule has 2 aromatic heterocycles. The summed E-state index contributed by atoms with van der Waals surface area (Å²) in [6.45, 7) is 0. The number of amides is 2. The highest BCUT2D eigenvalue weighted by atomic mass is 32.1. The quantitative estimate of drug-likeness (QED) is 0.917. The van der Waals surface area contributed by atoms with E-state index in [0.717, 1.165) is 31.2 Å². The summed E-state index contributed by atoms with van der Waals surface area (Å²) >= 11 is 1.63. The van der Waals surface area contributed by atoms with Crippen LogP contribution in [0.15, 0.2) is 41.4 Å². The van der Waals surface area contributed by atoms with Crippen molar-refractivity contribution in [3.05, 3.63) is 52.5 Å². The van der Waals surface area contributed by atoms with Crippen LogP contribution in [0.4, 0.5) is 0 Å². The van der Waals surface area contributed by atoms with E-state index >= 15 is 0 Å². The van der Waals surface area contributed by atoms with Crippen LogP contribution in [-0.2, 0) is 11.2 Å². The van der Waals surface area contributed by atoms with Crippen LogP contribution in [0.2, 0.25) is 0 Å². The number of fused-ring (bicyclic) bond motifs is 2. The van der Waals surface area contributed by atoms with Gasteiger partial charge in [0.25, 0.3) is 5.91 Å². The zero-order valence-electron chi connectivity index (χ0n) is 13.9. The molecule has 4 rings (SSSR count). The Kier molecular flexibility index (Phi) is 4.53. The molecule has 2 saturated heterocycles. The molecule has 4 heterocycles. The Bertz CT molecular complexity index is 733. The molecule has 0 aliphatic carbocycles. The van der Waals surface area contributed by atoms with Gasteiger partial charge in [-0.1, -0.05) is 0 Å². The van der Waals surface area contributed by atoms with Crippen molar-refractivity contribution < 1.29 is 9.59 Å². The van der Waals surface area contributed by atoms with Crippen molar-refractivity contribution in [2.24, 2.45) is 0 Å². The summed E-state index contributed by atoms with van der Waals surface area (Å²) < 4.78 is 0. The van der Waals surface area contributed by atoms with Gasteiger partial charge in [-0.2, -0.15) is 11.3 Å². The van der Waals surface area contributed by atoms with Crippen molar-refractivity contribution in [2.75, 3.05) is 0 Å². The van der Waals surface area contributed by atoms with Gasteiger partial charge in [0, 0.05) is 36.1 Å². The van der Waals surface area contributed by atoms with Gasteiger partial charge >= 0.3 is 0 Å². The van der Waals surface area contributed by atoms with Crippen molar-refractivity contribution in [1.29, 1.82) is 0 Å². The zero-order valence-corrected chi connectivity index (χ0v) is 14.7. The van der Waals surface area contributed by atoms with Crippen LogP contribution in [0, 0.1) is 0 Å². The summed E-state index contributed by atoms with van der Waals surface area (Å²) in [6.07, 6.45) is 7.54. The van der Waals surface area contributed by atoms with E-state index in [4.69, 9.17) is 0 Å². The summed E-state index contributed by atoms with van der Waals surface area (Å²) in [6, 6.07) is 6.13. The van der Waals surface area contributed by atoms with Crippen LogP contribution in [0.25, 0.3) is 0 Å². The monoisotopic (exact) mass is 355 g/mol. The lowest BCUT2D eigenvalue weighted by Crippen LogP contribution is -2.52. The Labute approximate surface area is 151 Å². The minimum absolute atomic E-state index is 0.0511. The molecule has 130 valence electrons. The zero-order chi connectivity index (χ0) is 17.2. The predicted molar refractivity (Wildman–Crippen MR) is 96.4 cm³/mol. The van der Waals surface area contributed by atoms with Crippen LogP contribution < -0.4 is 5.32 Å². The number of nitrogens with one attached hydrogen (secondary N) is 1. The first-order chi connectivity index (χ1) is 12.2. The molecule has 2 bridgehead atoms. The van der Waals surface area contributed by atoms with E-state index in [1.807, 2.05) is 16.8 Å². The topological polar surface area (TPSA) is 62.3 Å². The number of carbonyl (C=O) groups excluding carboxylic acids is 2. The maximum atomic E-state index is 12.7. The van der Waals surface area contributed by atoms with Crippen molar-refractivity contribution in [3.63, 3.8) is 0 Å². The molecule has 6 heteroatoms. The van der Waals surface area contributed by atoms with E-state index in [1.165, 1.54) is 0 Å². The van der Waals surface area contributed by atoms with E-state index in [0.29, 0.717) is 12.0 Å². The number of rotatable bonds is 4. The summed E-state index contributed by atoms with van der Waals surface area (Å²) in [5.74, 6) is 0.176. The second-order valence-electron chi connectivity index (χ2n) is 6.87. The molecule has 2 amide bonds. The number of hydrogen-bond donors (Lipinski definition) is 1. The van der Waals surface area contributed by atoms with Gasteiger partial charge in [-0.05, 0) is 60.2 Å². The smallest absolute Gasteiger partial charge is 0.251 e. The maximum absolute atomic E-state index is 12.7. The highest BCUT2D eigenvalue weighted by Crippen LogP contribution is 2.36. The van der Waals surface area contributed by atoms with E-state index in [9.17, 15) is 9.59 Å². The third kappa shape index (κ3) is 3.44. The molecule has 2 atom stereocenters. The van der Waals surface area contributed by atoms with E-state index in [1.54, 1.807) is 35.9 Å². The van der Waals surface area contributed by atoms with E-state index in [2.05, 4.69) is 15.2 Å². The number of piperidine rings is 1. The fourth-order valence-corrected chi connectivity index (χ4v) is 4.80. The van der Waals surface area contributed by atoms with Gasteiger partial charge in [-0.3, -0.25) is 14.6 Å². The predicted octanol–water partition coefficient (Wildman–Crippen LogP) is 2.64. The molecule has 0 spiro atoms. The summed E-state index contributed by atoms with van der Waals surface area (Å²) in [7, 11) is 0. The molecular formula is C19H21N3O2S. The molecule has 25 heavy (non-hydrogen) atoms. The van der Waals surface area contributed by atoms with Gasteiger partial charge in [0.05, 0.1) is 6.42 Å². The molecule has 2 unspecified atom stereocenters. The van der Waals surface area contributed by atoms with E-state index < -0.39 is 0 Å². The highest BCUT2D eigenvalue weighted by molar-refractivity contribution is 7.08. The third-order valence-corrected chi connectivity index (χ3v) is 5.97. The number of carbonyl (C=O) groups is 2. The Morgan fingerprint density at radius 3 is 2.52 bits per heavy atom. The lowest BCUT2D eigenvalue weighted by atomic mass is 9.96. The first kappa shape index (κ1) is 16.3. The Hall–Kier alpha value is -2.21. The number of hydrogen-bond acceptors (Lipinski definition) is 4. The lowest BCUT2D eigenvalue weighted by Gasteiger charge is -2.39. The van der Waals surface area contributed by atoms with Crippen LogP contribution in [0.1, 0.15) is 41.6 Å². The van der Waals surface area contributed by atoms with Crippen LogP contribution >= 0.6 is 11.3 Å². The van der Waals surface area contributed by atoms with Gasteiger partial charge < -0.3 is 10.2 Å². The van der Waals surface area contributed by atoms with Gasteiger partial charge in [0.15, 0.2) is 0 Å². The molecule has 2 aliphatic rings. The standard InChI is InChI=1S/C19H21N3O2S/c23-18(9-13-5-8-25-12-13)22-16-1-2-17(22)11-15(10-16)21-19(24)14-3-6-20-7-4-14/h3-8,12,15-17H,1-2,9-11H2,(H,21,24). The fraction of sp³-hybridized carbons (Fsp3) is 0.421. The maximum Gasteiger partial charge on any atom is 0.251 e. The van der Waals surface area contributed by atoms with Gasteiger partial charge in [0.1, 0.15) is 0 Å². The van der Waals surface area contributed by atoms with Crippen LogP contribution in [0.5, 0.6) is 0 Å². The Balaban J connectivity index is 1.38. The highest BCUT2D eigenvalue weighted by Gasteiger charge is 2.43. The summed E-state index contributed by atoms with van der Waals surface area (Å²) in [5.41, 5.74) is 1.74. The third-order valence-electron chi connectivity index (χ3n) is 5.23. The minimum atomic E-state index is -0.0511. The molecule has 2 aliphatic heterocycles. The summed E-state index contributed by atoms with van der Waals surface area (Å²) in [5, 5.41) is 7.19. The lowest BCUT2D eigenvalue weighted by molar-refractivity contribution is -0.135. The minimum Gasteiger partial charge on any atom is -0.349 e. The van der Waals surface area contributed by atoms with Crippen LogP contribution in [0.3, 0.4) is 0 Å². The molecule has 2 aromatic rings. The number of thiophene rings is 1. The largest absolute Gasteiger partial charge is 0.349 e. The van der Waals surface area contributed by atoms with Gasteiger partial charge in [0.2, 0.25) is 5.91 Å². The second-order valence-corrected chi connectivity index (χ2v) is 7.65. The first-order valence-corrected chi connectivity index (χ1v) is 9.68. The van der Waals surface area contributed by atoms with Crippen molar-refractivity contribution in [2.45, 2.75) is 50.2 Å². The Morgan fingerprint density at radius 2 is 1.88 bits per heavy atom. The molecule has 0 aromatic carbocycles. The Morgan fingerprint density at radius 1 is 1.16 bits per heavy atom. The summed E-state index contributed by atoms with van der Waals surface area (Å²) in [4.78, 5) is 31.1. The molecule has 0 saturated carbocycles. The normalized spacial score (nSPS) is 25.0. The fourth-order valence-electron chi connectivity index (χ4n) is 4.13. The van der Waals surface area contributed by atoms with Crippen molar-refractivity contribution in [3.8, 4) is 0 Å². The molecule has 2 fully saturated rings. The number of pyridine rings is 1. The molecule has 0 radical (unpaired) electrons. The number of nitrogens with zero attached hydrogens (tertiary/aromatic N) is 2.